The maximum absolute atomic E-state index is 6.03. The first kappa shape index (κ1) is 14.7. The molecule has 2 heterocycles. The molecule has 0 aromatic carbocycles. The Morgan fingerprint density at radius 2 is 2.32 bits per heavy atom. The number of methoxy groups -OCH3 is 1. The molecule has 2 rings (SSSR count). The van der Waals surface area contributed by atoms with E-state index in [1.165, 1.54) is 0 Å². The fourth-order valence-electron chi connectivity index (χ4n) is 2.14. The van der Waals surface area contributed by atoms with E-state index >= 15 is 0 Å². The Hall–Kier alpha value is -0.750. The fourth-order valence-corrected chi connectivity index (χ4v) is 2.36. The molecular formula is C13H20ClN3O2. The minimum absolute atomic E-state index is 0.120. The third-order valence-electron chi connectivity index (χ3n) is 3.17. The highest BCUT2D eigenvalue weighted by Crippen LogP contribution is 2.22. The van der Waals surface area contributed by atoms with Gasteiger partial charge in [-0.2, -0.15) is 0 Å². The molecular weight excluding hydrogens is 266 g/mol. The number of hydrogen-bond acceptors (Lipinski definition) is 5. The van der Waals surface area contributed by atoms with E-state index in [4.69, 9.17) is 21.1 Å². The van der Waals surface area contributed by atoms with Crippen molar-refractivity contribution in [1.29, 1.82) is 0 Å². The summed E-state index contributed by atoms with van der Waals surface area (Å²) in [6.07, 6.45) is -0.120. The summed E-state index contributed by atoms with van der Waals surface area (Å²) in [6, 6.07) is 2.21. The second-order valence-electron chi connectivity index (χ2n) is 4.92. The van der Waals surface area contributed by atoms with Crippen LogP contribution in [0.3, 0.4) is 0 Å². The molecule has 1 aliphatic heterocycles. The van der Waals surface area contributed by atoms with Crippen LogP contribution in [-0.2, 0) is 16.1 Å². The Balaban J connectivity index is 2.16. The average molecular weight is 286 g/mol. The van der Waals surface area contributed by atoms with E-state index in [0.29, 0.717) is 30.2 Å². The number of rotatable bonds is 4. The Morgan fingerprint density at radius 3 is 3.00 bits per heavy atom. The summed E-state index contributed by atoms with van der Waals surface area (Å²) in [4.78, 5) is 11.1. The predicted molar refractivity (Wildman–Crippen MR) is 73.2 cm³/mol. The van der Waals surface area contributed by atoms with Crippen molar-refractivity contribution >= 4 is 11.6 Å². The first-order chi connectivity index (χ1) is 9.10. The summed E-state index contributed by atoms with van der Waals surface area (Å²) in [5, 5.41) is 0.433. The molecule has 0 bridgehead atoms. The molecule has 1 aromatic rings. The molecule has 1 unspecified atom stereocenters. The fraction of sp³-hybridized carbons (Fsp3) is 0.692. The van der Waals surface area contributed by atoms with Gasteiger partial charge in [-0.05, 0) is 19.9 Å². The highest BCUT2D eigenvalue weighted by molar-refractivity contribution is 6.29. The van der Waals surface area contributed by atoms with Crippen LogP contribution >= 0.6 is 11.6 Å². The van der Waals surface area contributed by atoms with Crippen LogP contribution < -0.4 is 0 Å². The number of nitrogens with zero attached hydrogens (tertiary/aromatic N) is 3. The smallest absolute Gasteiger partial charge is 0.160 e. The Morgan fingerprint density at radius 1 is 1.53 bits per heavy atom. The van der Waals surface area contributed by atoms with E-state index < -0.39 is 0 Å². The molecule has 6 heteroatoms. The molecule has 1 aromatic heterocycles. The van der Waals surface area contributed by atoms with Crippen LogP contribution in [0.2, 0.25) is 5.15 Å². The largest absolute Gasteiger partial charge is 0.378 e. The van der Waals surface area contributed by atoms with Crippen molar-refractivity contribution in [2.24, 2.45) is 0 Å². The van der Waals surface area contributed by atoms with Gasteiger partial charge < -0.3 is 9.47 Å². The Labute approximate surface area is 118 Å². The summed E-state index contributed by atoms with van der Waals surface area (Å²) < 4.78 is 10.9. The molecule has 19 heavy (non-hydrogen) atoms. The molecule has 0 aliphatic carbocycles. The molecule has 106 valence electrons. The summed E-state index contributed by atoms with van der Waals surface area (Å²) >= 11 is 6.03. The maximum atomic E-state index is 6.03. The second-order valence-corrected chi connectivity index (χ2v) is 5.31. The van der Waals surface area contributed by atoms with Gasteiger partial charge in [0.2, 0.25) is 0 Å². The molecule has 1 atom stereocenters. The molecule has 1 fully saturated rings. The van der Waals surface area contributed by atoms with Gasteiger partial charge in [0.1, 0.15) is 11.3 Å². The van der Waals surface area contributed by atoms with Gasteiger partial charge in [0.25, 0.3) is 0 Å². The van der Waals surface area contributed by atoms with Gasteiger partial charge in [-0.25, -0.2) is 9.97 Å². The van der Waals surface area contributed by atoms with Gasteiger partial charge >= 0.3 is 0 Å². The third-order valence-corrected chi connectivity index (χ3v) is 3.37. The van der Waals surface area contributed by atoms with Crippen molar-refractivity contribution in [2.75, 3.05) is 26.8 Å². The van der Waals surface area contributed by atoms with Gasteiger partial charge in [0.05, 0.1) is 18.9 Å². The predicted octanol–water partition coefficient (Wildman–Crippen LogP) is 2.06. The third kappa shape index (κ3) is 3.86. The van der Waals surface area contributed by atoms with Gasteiger partial charge in [0.15, 0.2) is 5.82 Å². The van der Waals surface area contributed by atoms with Crippen molar-refractivity contribution in [1.82, 2.24) is 14.9 Å². The summed E-state index contributed by atoms with van der Waals surface area (Å²) in [5.41, 5.74) is 0.780. The van der Waals surface area contributed by atoms with Crippen molar-refractivity contribution in [3.05, 3.63) is 22.7 Å². The molecule has 5 nitrogen and oxygen atoms in total. The molecule has 0 saturated carbocycles. The Bertz CT molecular complexity index is 428. The van der Waals surface area contributed by atoms with Gasteiger partial charge in [-0.15, -0.1) is 0 Å². The number of halogens is 1. The van der Waals surface area contributed by atoms with Crippen molar-refractivity contribution in [2.45, 2.75) is 32.6 Å². The molecule has 1 aliphatic rings. The highest BCUT2D eigenvalue weighted by Gasteiger charge is 2.26. The van der Waals surface area contributed by atoms with Crippen LogP contribution in [0.15, 0.2) is 6.07 Å². The van der Waals surface area contributed by atoms with Gasteiger partial charge in [-0.3, -0.25) is 4.90 Å². The minimum Gasteiger partial charge on any atom is -0.378 e. The zero-order valence-corrected chi connectivity index (χ0v) is 12.4. The van der Waals surface area contributed by atoms with Crippen LogP contribution in [-0.4, -0.2) is 47.7 Å². The molecule has 0 radical (unpaired) electrons. The lowest BCUT2D eigenvalue weighted by atomic mass is 10.2. The van der Waals surface area contributed by atoms with E-state index in [1.54, 1.807) is 13.2 Å². The standard InChI is InChI=1S/C13H20ClN3O2/c1-9(2)17-4-5-19-11(7-17)13-15-10(8-18-3)6-12(14)16-13/h6,9,11H,4-5,7-8H2,1-3H3. The van der Waals surface area contributed by atoms with Crippen LogP contribution in [0.5, 0.6) is 0 Å². The monoisotopic (exact) mass is 285 g/mol. The number of ether oxygens (including phenoxy) is 2. The quantitative estimate of drug-likeness (QED) is 0.793. The first-order valence-corrected chi connectivity index (χ1v) is 6.86. The van der Waals surface area contributed by atoms with Crippen molar-refractivity contribution < 1.29 is 9.47 Å². The number of aromatic nitrogens is 2. The zero-order valence-electron chi connectivity index (χ0n) is 11.6. The molecule has 0 spiro atoms. The lowest BCUT2D eigenvalue weighted by molar-refractivity contribution is -0.0444. The average Bonchev–Trinajstić information content (AvgIpc) is 2.38. The van der Waals surface area contributed by atoms with Crippen molar-refractivity contribution in [3.63, 3.8) is 0 Å². The van der Waals surface area contributed by atoms with Crippen molar-refractivity contribution in [3.8, 4) is 0 Å². The van der Waals surface area contributed by atoms with E-state index in [0.717, 1.165) is 18.8 Å². The molecule has 1 saturated heterocycles. The number of hydrogen-bond donors (Lipinski definition) is 0. The normalized spacial score (nSPS) is 21.0. The number of morpholine rings is 1. The zero-order chi connectivity index (χ0) is 13.8. The van der Waals surface area contributed by atoms with Crippen LogP contribution in [0.1, 0.15) is 31.5 Å². The minimum atomic E-state index is -0.120. The molecule has 0 amide bonds. The van der Waals surface area contributed by atoms with Gasteiger partial charge in [0, 0.05) is 26.2 Å². The summed E-state index contributed by atoms with van der Waals surface area (Å²) in [5.74, 6) is 0.643. The second kappa shape index (κ2) is 6.61. The molecule has 0 N–H and O–H groups in total. The van der Waals surface area contributed by atoms with E-state index in [9.17, 15) is 0 Å². The Kier molecular flexibility index (Phi) is 5.10. The summed E-state index contributed by atoms with van der Waals surface area (Å²) in [7, 11) is 1.63. The van der Waals surface area contributed by atoms with Crippen LogP contribution in [0, 0.1) is 0 Å². The summed E-state index contributed by atoms with van der Waals surface area (Å²) in [6.45, 7) is 7.22. The first-order valence-electron chi connectivity index (χ1n) is 6.48. The van der Waals surface area contributed by atoms with E-state index in [-0.39, 0.29) is 6.10 Å². The lowest BCUT2D eigenvalue weighted by Gasteiger charge is -2.34. The topological polar surface area (TPSA) is 47.5 Å². The van der Waals surface area contributed by atoms with Crippen LogP contribution in [0.4, 0.5) is 0 Å². The maximum Gasteiger partial charge on any atom is 0.160 e. The van der Waals surface area contributed by atoms with Gasteiger partial charge in [-0.1, -0.05) is 11.6 Å². The van der Waals surface area contributed by atoms with Crippen LogP contribution in [0.25, 0.3) is 0 Å². The SMILES string of the molecule is COCc1cc(Cl)nc(C2CN(C(C)C)CCO2)n1. The van der Waals surface area contributed by atoms with E-state index in [1.807, 2.05) is 0 Å². The van der Waals surface area contributed by atoms with E-state index in [2.05, 4.69) is 28.7 Å². The highest BCUT2D eigenvalue weighted by atomic mass is 35.5. The lowest BCUT2D eigenvalue weighted by Crippen LogP contribution is -2.42.